The second kappa shape index (κ2) is 4.89. The highest BCUT2D eigenvalue weighted by Gasteiger charge is 2.22. The third-order valence-electron chi connectivity index (χ3n) is 2.73. The van der Waals surface area contributed by atoms with Crippen LogP contribution in [0.1, 0.15) is 36.7 Å². The molecule has 0 amide bonds. The average Bonchev–Trinajstić information content (AvgIpc) is 2.86. The van der Waals surface area contributed by atoms with Gasteiger partial charge in [0.15, 0.2) is 0 Å². The van der Waals surface area contributed by atoms with Crippen molar-refractivity contribution in [3.63, 3.8) is 0 Å². The van der Waals surface area contributed by atoms with Gasteiger partial charge in [0, 0.05) is 11.8 Å². The number of rotatable bonds is 4. The van der Waals surface area contributed by atoms with Gasteiger partial charge in [0.25, 0.3) is 0 Å². The number of nitrogens with two attached hydrogens (primary N) is 1. The number of furan rings is 1. The molecule has 1 unspecified atom stereocenters. The summed E-state index contributed by atoms with van der Waals surface area (Å²) in [7, 11) is 0. The Bertz CT molecular complexity index is 254. The molecule has 0 aliphatic heterocycles. The summed E-state index contributed by atoms with van der Waals surface area (Å²) in [6, 6.07) is 3.96. The zero-order chi connectivity index (χ0) is 9.80. The highest BCUT2D eigenvalue weighted by molar-refractivity contribution is 8.00. The van der Waals surface area contributed by atoms with E-state index < -0.39 is 0 Å². The van der Waals surface area contributed by atoms with Crippen molar-refractivity contribution in [3.05, 3.63) is 24.2 Å². The molecule has 0 radical (unpaired) electrons. The van der Waals surface area contributed by atoms with Crippen LogP contribution in [0.2, 0.25) is 0 Å². The molecule has 0 bridgehead atoms. The maximum absolute atomic E-state index is 5.76. The van der Waals surface area contributed by atoms with Gasteiger partial charge in [-0.2, -0.15) is 0 Å². The summed E-state index contributed by atoms with van der Waals surface area (Å²) >= 11 is 1.99. The van der Waals surface area contributed by atoms with Crippen molar-refractivity contribution in [3.8, 4) is 0 Å². The zero-order valence-corrected chi connectivity index (χ0v) is 9.13. The predicted octanol–water partition coefficient (Wildman–Crippen LogP) is 2.96. The van der Waals surface area contributed by atoms with Crippen LogP contribution >= 0.6 is 11.8 Å². The number of hydrogen-bond acceptors (Lipinski definition) is 3. The van der Waals surface area contributed by atoms with Crippen molar-refractivity contribution < 1.29 is 4.42 Å². The molecule has 78 valence electrons. The minimum Gasteiger partial charge on any atom is -0.468 e. The fourth-order valence-electron chi connectivity index (χ4n) is 1.97. The molecule has 1 aromatic heterocycles. The van der Waals surface area contributed by atoms with E-state index in [9.17, 15) is 0 Å². The Kier molecular flexibility index (Phi) is 3.54. The van der Waals surface area contributed by atoms with Gasteiger partial charge in [0.05, 0.1) is 11.5 Å². The van der Waals surface area contributed by atoms with Crippen molar-refractivity contribution in [2.75, 3.05) is 6.54 Å². The van der Waals surface area contributed by atoms with Crippen molar-refractivity contribution in [2.45, 2.75) is 36.2 Å². The standard InChI is InChI=1S/C11H17NOS/c12-8-11(10-6-3-7-13-10)14-9-4-1-2-5-9/h3,6-7,9,11H,1-2,4-5,8,12H2. The van der Waals surface area contributed by atoms with Gasteiger partial charge in [-0.25, -0.2) is 0 Å². The second-order valence-electron chi connectivity index (χ2n) is 3.78. The van der Waals surface area contributed by atoms with Crippen LogP contribution in [0.5, 0.6) is 0 Å². The smallest absolute Gasteiger partial charge is 0.118 e. The molecule has 1 saturated carbocycles. The lowest BCUT2D eigenvalue weighted by molar-refractivity contribution is 0.506. The topological polar surface area (TPSA) is 39.2 Å². The van der Waals surface area contributed by atoms with E-state index in [1.165, 1.54) is 25.7 Å². The fraction of sp³-hybridized carbons (Fsp3) is 0.636. The summed E-state index contributed by atoms with van der Waals surface area (Å²) in [5.74, 6) is 1.03. The van der Waals surface area contributed by atoms with E-state index in [4.69, 9.17) is 10.2 Å². The zero-order valence-electron chi connectivity index (χ0n) is 8.32. The minimum absolute atomic E-state index is 0.355. The molecule has 0 saturated heterocycles. The van der Waals surface area contributed by atoms with Gasteiger partial charge in [0.2, 0.25) is 0 Å². The molecular formula is C11H17NOS. The van der Waals surface area contributed by atoms with Gasteiger partial charge in [-0.15, -0.1) is 11.8 Å². The summed E-state index contributed by atoms with van der Waals surface area (Å²) in [4.78, 5) is 0. The monoisotopic (exact) mass is 211 g/mol. The fourth-order valence-corrected chi connectivity index (χ4v) is 3.42. The van der Waals surface area contributed by atoms with E-state index in [-0.39, 0.29) is 0 Å². The molecule has 0 spiro atoms. The average molecular weight is 211 g/mol. The van der Waals surface area contributed by atoms with Gasteiger partial charge < -0.3 is 10.2 Å². The maximum Gasteiger partial charge on any atom is 0.118 e. The lowest BCUT2D eigenvalue weighted by atomic mass is 10.3. The Morgan fingerprint density at radius 3 is 2.86 bits per heavy atom. The predicted molar refractivity (Wildman–Crippen MR) is 60.4 cm³/mol. The summed E-state index contributed by atoms with van der Waals surface area (Å²) in [5, 5.41) is 1.15. The minimum atomic E-state index is 0.355. The number of hydrogen-bond donors (Lipinski definition) is 1. The van der Waals surface area contributed by atoms with Crippen LogP contribution in [0, 0.1) is 0 Å². The second-order valence-corrected chi connectivity index (χ2v) is 5.29. The maximum atomic E-state index is 5.76. The van der Waals surface area contributed by atoms with Crippen LogP contribution in [-0.4, -0.2) is 11.8 Å². The van der Waals surface area contributed by atoms with Gasteiger partial charge >= 0.3 is 0 Å². The third kappa shape index (κ3) is 2.34. The Morgan fingerprint density at radius 2 is 2.29 bits per heavy atom. The van der Waals surface area contributed by atoms with Gasteiger partial charge in [-0.1, -0.05) is 12.8 Å². The van der Waals surface area contributed by atoms with E-state index >= 15 is 0 Å². The van der Waals surface area contributed by atoms with E-state index in [1.807, 2.05) is 23.9 Å². The SMILES string of the molecule is NCC(SC1CCCC1)c1ccco1. The summed E-state index contributed by atoms with van der Waals surface area (Å²) in [6.07, 6.45) is 7.19. The van der Waals surface area contributed by atoms with Crippen LogP contribution in [0.15, 0.2) is 22.8 Å². The highest BCUT2D eigenvalue weighted by Crippen LogP contribution is 2.38. The molecule has 0 aromatic carbocycles. The Hall–Kier alpha value is -0.410. The van der Waals surface area contributed by atoms with E-state index in [2.05, 4.69) is 0 Å². The quantitative estimate of drug-likeness (QED) is 0.832. The van der Waals surface area contributed by atoms with Gasteiger partial charge in [-0.3, -0.25) is 0 Å². The first-order chi connectivity index (χ1) is 6.90. The van der Waals surface area contributed by atoms with Crippen molar-refractivity contribution in [2.24, 2.45) is 5.73 Å². The lowest BCUT2D eigenvalue weighted by Gasteiger charge is -2.16. The van der Waals surface area contributed by atoms with Crippen molar-refractivity contribution >= 4 is 11.8 Å². The number of thioether (sulfide) groups is 1. The highest BCUT2D eigenvalue weighted by atomic mass is 32.2. The Balaban J connectivity index is 1.93. The molecule has 2 N–H and O–H groups in total. The Morgan fingerprint density at radius 1 is 1.50 bits per heavy atom. The first kappa shape index (κ1) is 10.1. The third-order valence-corrected chi connectivity index (χ3v) is 4.34. The molecule has 1 heterocycles. The van der Waals surface area contributed by atoms with E-state index in [1.54, 1.807) is 6.26 Å². The largest absolute Gasteiger partial charge is 0.468 e. The summed E-state index contributed by atoms with van der Waals surface area (Å²) in [5.41, 5.74) is 5.76. The van der Waals surface area contributed by atoms with Crippen molar-refractivity contribution in [1.29, 1.82) is 0 Å². The lowest BCUT2D eigenvalue weighted by Crippen LogP contribution is -2.11. The van der Waals surface area contributed by atoms with Gasteiger partial charge in [0.1, 0.15) is 5.76 Å². The van der Waals surface area contributed by atoms with E-state index in [0.29, 0.717) is 11.8 Å². The molecular weight excluding hydrogens is 194 g/mol. The molecule has 2 nitrogen and oxygen atoms in total. The first-order valence-electron chi connectivity index (χ1n) is 5.29. The normalized spacial score (nSPS) is 20.1. The molecule has 1 aliphatic carbocycles. The van der Waals surface area contributed by atoms with E-state index in [0.717, 1.165) is 11.0 Å². The molecule has 2 rings (SSSR count). The van der Waals surface area contributed by atoms with Crippen LogP contribution in [-0.2, 0) is 0 Å². The molecule has 1 atom stereocenters. The molecule has 14 heavy (non-hydrogen) atoms. The van der Waals surface area contributed by atoms with Crippen LogP contribution in [0.4, 0.5) is 0 Å². The summed E-state index contributed by atoms with van der Waals surface area (Å²) in [6.45, 7) is 0.675. The van der Waals surface area contributed by atoms with Crippen LogP contribution in [0.25, 0.3) is 0 Å². The molecule has 1 aromatic rings. The van der Waals surface area contributed by atoms with Crippen LogP contribution in [0.3, 0.4) is 0 Å². The Labute approximate surface area is 89.2 Å². The molecule has 1 fully saturated rings. The molecule has 3 heteroatoms. The molecule has 1 aliphatic rings. The first-order valence-corrected chi connectivity index (χ1v) is 6.23. The summed E-state index contributed by atoms with van der Waals surface area (Å²) < 4.78 is 5.40. The van der Waals surface area contributed by atoms with Crippen LogP contribution < -0.4 is 5.73 Å². The van der Waals surface area contributed by atoms with Crippen molar-refractivity contribution in [1.82, 2.24) is 0 Å². The van der Waals surface area contributed by atoms with Gasteiger partial charge in [-0.05, 0) is 25.0 Å².